The Hall–Kier alpha value is -1.62. The first-order chi connectivity index (χ1) is 9.60. The molecule has 0 saturated carbocycles. The number of amides is 1. The first-order valence-electron chi connectivity index (χ1n) is 7.18. The number of nitrogens with zero attached hydrogens (tertiary/aromatic N) is 1. The average molecular weight is 279 g/mol. The van der Waals surface area contributed by atoms with Gasteiger partial charge in [0.2, 0.25) is 0 Å². The second kappa shape index (κ2) is 6.70. The third-order valence-corrected chi connectivity index (χ3v) is 3.70. The summed E-state index contributed by atoms with van der Waals surface area (Å²) in [4.78, 5) is 14.4. The zero-order valence-corrected chi connectivity index (χ0v) is 11.9. The van der Waals surface area contributed by atoms with E-state index in [1.165, 1.54) is 12.1 Å². The monoisotopic (exact) mass is 279 g/mol. The van der Waals surface area contributed by atoms with Crippen LogP contribution in [0.1, 0.15) is 36.5 Å². The van der Waals surface area contributed by atoms with Crippen molar-refractivity contribution >= 4 is 11.6 Å². The summed E-state index contributed by atoms with van der Waals surface area (Å²) >= 11 is 0. The second-order valence-electron chi connectivity index (χ2n) is 5.33. The molecule has 110 valence electrons. The van der Waals surface area contributed by atoms with Crippen molar-refractivity contribution in [2.75, 3.05) is 25.4 Å². The van der Waals surface area contributed by atoms with E-state index in [0.29, 0.717) is 5.69 Å². The molecule has 3 N–H and O–H groups in total. The fourth-order valence-corrected chi connectivity index (χ4v) is 2.60. The minimum atomic E-state index is -0.564. The predicted octanol–water partition coefficient (Wildman–Crippen LogP) is 2.01. The van der Waals surface area contributed by atoms with Crippen LogP contribution in [0, 0.1) is 5.82 Å². The summed E-state index contributed by atoms with van der Waals surface area (Å²) < 4.78 is 13.7. The van der Waals surface area contributed by atoms with Crippen LogP contribution < -0.4 is 11.1 Å². The van der Waals surface area contributed by atoms with Crippen molar-refractivity contribution in [1.29, 1.82) is 0 Å². The molecule has 5 heteroatoms. The summed E-state index contributed by atoms with van der Waals surface area (Å²) in [5, 5.41) is 2.91. The number of nitrogens with one attached hydrogen (secondary N) is 1. The minimum absolute atomic E-state index is 0.0650. The van der Waals surface area contributed by atoms with Gasteiger partial charge in [-0.05, 0) is 44.0 Å². The van der Waals surface area contributed by atoms with Crippen LogP contribution in [0.4, 0.5) is 10.1 Å². The Kier molecular flexibility index (Phi) is 4.95. The highest BCUT2D eigenvalue weighted by Crippen LogP contribution is 2.14. The lowest BCUT2D eigenvalue weighted by molar-refractivity contribution is 0.0907. The molecular formula is C15H22FN3O. The molecule has 0 unspecified atom stereocenters. The highest BCUT2D eigenvalue weighted by Gasteiger charge is 2.21. The molecule has 1 aliphatic heterocycles. The summed E-state index contributed by atoms with van der Waals surface area (Å²) in [5.41, 5.74) is 5.87. The molecule has 1 aromatic rings. The van der Waals surface area contributed by atoms with Gasteiger partial charge in [0.15, 0.2) is 0 Å². The molecule has 20 heavy (non-hydrogen) atoms. The Morgan fingerprint density at radius 1 is 1.45 bits per heavy atom. The molecule has 1 heterocycles. The van der Waals surface area contributed by atoms with Crippen molar-refractivity contribution in [2.45, 2.75) is 32.2 Å². The first-order valence-corrected chi connectivity index (χ1v) is 7.18. The van der Waals surface area contributed by atoms with E-state index >= 15 is 0 Å². The lowest BCUT2D eigenvalue weighted by atomic mass is 10.0. The molecule has 0 radical (unpaired) electrons. The van der Waals surface area contributed by atoms with E-state index in [1.54, 1.807) is 6.07 Å². The zero-order valence-electron chi connectivity index (χ0n) is 11.9. The predicted molar refractivity (Wildman–Crippen MR) is 78.0 cm³/mol. The Labute approximate surface area is 119 Å². The van der Waals surface area contributed by atoms with E-state index in [4.69, 9.17) is 5.73 Å². The van der Waals surface area contributed by atoms with Gasteiger partial charge in [0, 0.05) is 24.8 Å². The number of benzene rings is 1. The number of anilines is 1. The molecule has 1 fully saturated rings. The van der Waals surface area contributed by atoms with Gasteiger partial charge in [-0.1, -0.05) is 6.92 Å². The van der Waals surface area contributed by atoms with Gasteiger partial charge in [-0.2, -0.15) is 0 Å². The van der Waals surface area contributed by atoms with Gasteiger partial charge in [0.05, 0.1) is 5.56 Å². The van der Waals surface area contributed by atoms with Gasteiger partial charge in [-0.15, -0.1) is 0 Å². The van der Waals surface area contributed by atoms with Crippen LogP contribution in [0.3, 0.4) is 0 Å². The van der Waals surface area contributed by atoms with E-state index in [2.05, 4.69) is 17.1 Å². The first kappa shape index (κ1) is 14.8. The van der Waals surface area contributed by atoms with Crippen molar-refractivity contribution in [3.63, 3.8) is 0 Å². The minimum Gasteiger partial charge on any atom is -0.399 e. The number of carbonyl (C=O) groups is 1. The lowest BCUT2D eigenvalue weighted by Crippen LogP contribution is -2.44. The molecule has 0 spiro atoms. The lowest BCUT2D eigenvalue weighted by Gasteiger charge is -2.32. The van der Waals surface area contributed by atoms with Crippen LogP contribution in [0.15, 0.2) is 18.2 Å². The molecule has 2 rings (SSSR count). The number of hydrogen-bond donors (Lipinski definition) is 2. The Morgan fingerprint density at radius 3 is 2.75 bits per heavy atom. The van der Waals surface area contributed by atoms with Gasteiger partial charge in [0.25, 0.3) is 5.91 Å². The van der Waals surface area contributed by atoms with Gasteiger partial charge in [-0.25, -0.2) is 4.39 Å². The third kappa shape index (κ3) is 3.70. The zero-order chi connectivity index (χ0) is 14.5. The van der Waals surface area contributed by atoms with Crippen molar-refractivity contribution in [3.05, 3.63) is 29.6 Å². The average Bonchev–Trinajstić information content (AvgIpc) is 2.41. The summed E-state index contributed by atoms with van der Waals surface area (Å²) in [6.07, 6.45) is 2.98. The van der Waals surface area contributed by atoms with E-state index < -0.39 is 5.82 Å². The molecule has 1 aromatic carbocycles. The number of nitrogen functional groups attached to an aromatic ring is 1. The normalized spacial score (nSPS) is 17.1. The number of rotatable bonds is 4. The number of carbonyl (C=O) groups excluding carboxylic acids is 1. The van der Waals surface area contributed by atoms with E-state index in [0.717, 1.165) is 38.9 Å². The molecule has 0 aromatic heterocycles. The van der Waals surface area contributed by atoms with E-state index in [1.807, 2.05) is 0 Å². The molecule has 0 aliphatic carbocycles. The Bertz CT molecular complexity index is 470. The Balaban J connectivity index is 1.89. The van der Waals surface area contributed by atoms with Crippen LogP contribution in [-0.2, 0) is 0 Å². The maximum Gasteiger partial charge on any atom is 0.254 e. The smallest absolute Gasteiger partial charge is 0.254 e. The SMILES string of the molecule is CCCN1CCC(NC(=O)c2ccc(N)cc2F)CC1. The summed E-state index contributed by atoms with van der Waals surface area (Å²) in [5.74, 6) is -0.914. The van der Waals surface area contributed by atoms with Crippen LogP contribution in [0.2, 0.25) is 0 Å². The number of halogens is 1. The maximum atomic E-state index is 13.7. The molecular weight excluding hydrogens is 257 g/mol. The topological polar surface area (TPSA) is 58.4 Å². The number of likely N-dealkylation sites (tertiary alicyclic amines) is 1. The van der Waals surface area contributed by atoms with Crippen molar-refractivity contribution in [1.82, 2.24) is 10.2 Å². The van der Waals surface area contributed by atoms with Crippen molar-refractivity contribution in [2.24, 2.45) is 0 Å². The summed E-state index contributed by atoms with van der Waals surface area (Å²) in [7, 11) is 0. The Morgan fingerprint density at radius 2 is 2.15 bits per heavy atom. The highest BCUT2D eigenvalue weighted by atomic mass is 19.1. The fourth-order valence-electron chi connectivity index (χ4n) is 2.60. The summed E-state index contributed by atoms with van der Waals surface area (Å²) in [6.45, 7) is 5.25. The van der Waals surface area contributed by atoms with Gasteiger partial charge < -0.3 is 16.0 Å². The highest BCUT2D eigenvalue weighted by molar-refractivity contribution is 5.95. The number of piperidine rings is 1. The van der Waals surface area contributed by atoms with E-state index in [-0.39, 0.29) is 17.5 Å². The fraction of sp³-hybridized carbons (Fsp3) is 0.533. The molecule has 0 bridgehead atoms. The maximum absolute atomic E-state index is 13.7. The van der Waals surface area contributed by atoms with Crippen LogP contribution in [0.25, 0.3) is 0 Å². The number of nitrogens with two attached hydrogens (primary N) is 1. The van der Waals surface area contributed by atoms with Gasteiger partial charge in [0.1, 0.15) is 5.82 Å². The molecule has 1 saturated heterocycles. The largest absolute Gasteiger partial charge is 0.399 e. The molecule has 4 nitrogen and oxygen atoms in total. The van der Waals surface area contributed by atoms with Crippen molar-refractivity contribution < 1.29 is 9.18 Å². The summed E-state index contributed by atoms with van der Waals surface area (Å²) in [6, 6.07) is 4.29. The van der Waals surface area contributed by atoms with Gasteiger partial charge >= 0.3 is 0 Å². The van der Waals surface area contributed by atoms with Crippen LogP contribution in [-0.4, -0.2) is 36.5 Å². The second-order valence-corrected chi connectivity index (χ2v) is 5.33. The molecule has 1 amide bonds. The van der Waals surface area contributed by atoms with Gasteiger partial charge in [-0.3, -0.25) is 4.79 Å². The van der Waals surface area contributed by atoms with Crippen LogP contribution >= 0.6 is 0 Å². The van der Waals surface area contributed by atoms with E-state index in [9.17, 15) is 9.18 Å². The third-order valence-electron chi connectivity index (χ3n) is 3.70. The van der Waals surface area contributed by atoms with Crippen LogP contribution in [0.5, 0.6) is 0 Å². The molecule has 0 atom stereocenters. The number of hydrogen-bond acceptors (Lipinski definition) is 3. The standard InChI is InChI=1S/C15H22FN3O/c1-2-7-19-8-5-12(6-9-19)18-15(20)13-4-3-11(17)10-14(13)16/h3-4,10,12H,2,5-9,17H2,1H3,(H,18,20). The molecule has 1 aliphatic rings. The van der Waals surface area contributed by atoms with Crippen molar-refractivity contribution in [3.8, 4) is 0 Å². The quantitative estimate of drug-likeness (QED) is 0.829.